The zero-order valence-corrected chi connectivity index (χ0v) is 13.1. The van der Waals surface area contributed by atoms with Crippen LogP contribution >= 0.6 is 0 Å². The fourth-order valence-corrected chi connectivity index (χ4v) is 2.33. The van der Waals surface area contributed by atoms with Crippen LogP contribution < -0.4 is 4.74 Å². The van der Waals surface area contributed by atoms with E-state index < -0.39 is 0 Å². The summed E-state index contributed by atoms with van der Waals surface area (Å²) in [6.45, 7) is 9.20. The number of hydrogen-bond acceptors (Lipinski definition) is 2. The fraction of sp³-hybridized carbons (Fsp3) is 0.556. The summed E-state index contributed by atoms with van der Waals surface area (Å²) in [4.78, 5) is 0. The minimum atomic E-state index is -0.0998. The van der Waals surface area contributed by atoms with Crippen molar-refractivity contribution in [2.75, 3.05) is 6.61 Å². The Morgan fingerprint density at radius 2 is 2.05 bits per heavy atom. The predicted octanol–water partition coefficient (Wildman–Crippen LogP) is 4.53. The standard InChI is InChI=1S/C18H26O2/c1-5-14(3)7-12-17-18(4,20-17)13-19-16-10-8-15(6-2)9-11-16/h5,8-11,17H,6-7,12-13H2,1-4H3. The average Bonchev–Trinajstić information content (AvgIpc) is 3.14. The minimum Gasteiger partial charge on any atom is -0.490 e. The summed E-state index contributed by atoms with van der Waals surface area (Å²) in [6.07, 6.45) is 5.78. The van der Waals surface area contributed by atoms with Gasteiger partial charge >= 0.3 is 0 Å². The van der Waals surface area contributed by atoms with E-state index in [0.717, 1.165) is 25.0 Å². The summed E-state index contributed by atoms with van der Waals surface area (Å²) in [5.74, 6) is 0.933. The second-order valence-electron chi connectivity index (χ2n) is 5.88. The van der Waals surface area contributed by atoms with Crippen LogP contribution in [0.3, 0.4) is 0 Å². The third-order valence-electron chi connectivity index (χ3n) is 4.19. The average molecular weight is 274 g/mol. The normalized spacial score (nSPS) is 25.6. The van der Waals surface area contributed by atoms with Gasteiger partial charge in [-0.05, 0) is 57.7 Å². The van der Waals surface area contributed by atoms with Gasteiger partial charge in [0.2, 0.25) is 0 Å². The number of epoxide rings is 1. The van der Waals surface area contributed by atoms with Gasteiger partial charge in [0.05, 0.1) is 6.10 Å². The first-order valence-electron chi connectivity index (χ1n) is 7.58. The zero-order chi connectivity index (χ0) is 14.6. The second kappa shape index (κ2) is 6.45. The van der Waals surface area contributed by atoms with E-state index in [1.54, 1.807) is 0 Å². The Balaban J connectivity index is 1.76. The van der Waals surface area contributed by atoms with Crippen molar-refractivity contribution < 1.29 is 9.47 Å². The maximum atomic E-state index is 5.86. The van der Waals surface area contributed by atoms with Crippen LogP contribution in [-0.2, 0) is 11.2 Å². The molecule has 1 aliphatic heterocycles. The first-order valence-corrected chi connectivity index (χ1v) is 7.58. The minimum absolute atomic E-state index is 0.0998. The van der Waals surface area contributed by atoms with Crippen LogP contribution in [0.2, 0.25) is 0 Å². The first kappa shape index (κ1) is 15.1. The van der Waals surface area contributed by atoms with E-state index in [1.807, 2.05) is 12.1 Å². The van der Waals surface area contributed by atoms with Crippen LogP contribution in [0.1, 0.15) is 46.1 Å². The van der Waals surface area contributed by atoms with Crippen LogP contribution in [-0.4, -0.2) is 18.3 Å². The molecule has 1 aromatic rings. The van der Waals surface area contributed by atoms with Crippen LogP contribution in [0.15, 0.2) is 35.9 Å². The van der Waals surface area contributed by atoms with E-state index in [2.05, 4.69) is 45.9 Å². The first-order chi connectivity index (χ1) is 9.57. The van der Waals surface area contributed by atoms with Crippen LogP contribution in [0.5, 0.6) is 5.75 Å². The molecule has 0 amide bonds. The lowest BCUT2D eigenvalue weighted by atomic mass is 10.0. The van der Waals surface area contributed by atoms with Gasteiger partial charge in [-0.15, -0.1) is 0 Å². The van der Waals surface area contributed by atoms with E-state index in [1.165, 1.54) is 11.1 Å². The van der Waals surface area contributed by atoms with Gasteiger partial charge in [0.15, 0.2) is 0 Å². The topological polar surface area (TPSA) is 21.8 Å². The Hall–Kier alpha value is -1.28. The molecular formula is C18H26O2. The molecule has 110 valence electrons. The smallest absolute Gasteiger partial charge is 0.126 e. The number of hydrogen-bond donors (Lipinski definition) is 0. The van der Waals surface area contributed by atoms with Crippen LogP contribution in [0.25, 0.3) is 0 Å². The van der Waals surface area contributed by atoms with Crippen molar-refractivity contribution in [3.63, 3.8) is 0 Å². The molecule has 2 heteroatoms. The lowest BCUT2D eigenvalue weighted by molar-refractivity contribution is 0.201. The molecule has 2 atom stereocenters. The van der Waals surface area contributed by atoms with Crippen LogP contribution in [0.4, 0.5) is 0 Å². The van der Waals surface area contributed by atoms with Crippen molar-refractivity contribution in [1.29, 1.82) is 0 Å². The zero-order valence-electron chi connectivity index (χ0n) is 13.1. The van der Waals surface area contributed by atoms with Gasteiger partial charge in [-0.1, -0.05) is 30.7 Å². The molecule has 0 radical (unpaired) electrons. The molecule has 1 heterocycles. The summed E-state index contributed by atoms with van der Waals surface area (Å²) in [5, 5.41) is 0. The van der Waals surface area contributed by atoms with Gasteiger partial charge in [-0.25, -0.2) is 0 Å². The third kappa shape index (κ3) is 3.86. The summed E-state index contributed by atoms with van der Waals surface area (Å²) in [6, 6.07) is 8.34. The van der Waals surface area contributed by atoms with E-state index >= 15 is 0 Å². The summed E-state index contributed by atoms with van der Waals surface area (Å²) >= 11 is 0. The molecule has 2 rings (SSSR count). The molecule has 2 nitrogen and oxygen atoms in total. The molecular weight excluding hydrogens is 248 g/mol. The number of benzene rings is 1. The Kier molecular flexibility index (Phi) is 4.87. The molecule has 0 bridgehead atoms. The van der Waals surface area contributed by atoms with Gasteiger partial charge in [-0.2, -0.15) is 0 Å². The third-order valence-corrected chi connectivity index (χ3v) is 4.19. The SMILES string of the molecule is CC=C(C)CCC1OC1(C)COc1ccc(CC)cc1. The highest BCUT2D eigenvalue weighted by molar-refractivity contribution is 5.27. The second-order valence-corrected chi connectivity index (χ2v) is 5.88. The number of aryl methyl sites for hydroxylation is 1. The molecule has 0 saturated carbocycles. The summed E-state index contributed by atoms with van der Waals surface area (Å²) in [7, 11) is 0. The quantitative estimate of drug-likeness (QED) is 0.538. The molecule has 0 aromatic heterocycles. The monoisotopic (exact) mass is 274 g/mol. The summed E-state index contributed by atoms with van der Waals surface area (Å²) < 4.78 is 11.7. The van der Waals surface area contributed by atoms with Gasteiger partial charge < -0.3 is 9.47 Å². The Morgan fingerprint density at radius 3 is 2.65 bits per heavy atom. The molecule has 1 saturated heterocycles. The highest BCUT2D eigenvalue weighted by Gasteiger charge is 2.52. The number of rotatable bonds is 7. The Labute approximate surface area is 122 Å². The van der Waals surface area contributed by atoms with Crippen molar-refractivity contribution in [2.24, 2.45) is 0 Å². The molecule has 0 aliphatic carbocycles. The number of allylic oxidation sites excluding steroid dienone is 2. The molecule has 20 heavy (non-hydrogen) atoms. The maximum absolute atomic E-state index is 5.86. The van der Waals surface area contributed by atoms with Gasteiger partial charge in [0, 0.05) is 0 Å². The van der Waals surface area contributed by atoms with E-state index in [4.69, 9.17) is 9.47 Å². The predicted molar refractivity (Wildman–Crippen MR) is 83.3 cm³/mol. The van der Waals surface area contributed by atoms with Crippen molar-refractivity contribution in [1.82, 2.24) is 0 Å². The van der Waals surface area contributed by atoms with Crippen LogP contribution in [0, 0.1) is 0 Å². The van der Waals surface area contributed by atoms with Crippen molar-refractivity contribution in [2.45, 2.75) is 58.7 Å². The van der Waals surface area contributed by atoms with Gasteiger partial charge in [-0.3, -0.25) is 0 Å². The molecule has 0 N–H and O–H groups in total. The van der Waals surface area contributed by atoms with E-state index in [0.29, 0.717) is 12.7 Å². The van der Waals surface area contributed by atoms with Gasteiger partial charge in [0.25, 0.3) is 0 Å². The number of ether oxygens (including phenoxy) is 2. The lowest BCUT2D eigenvalue weighted by Gasteiger charge is -2.10. The van der Waals surface area contributed by atoms with Gasteiger partial charge in [0.1, 0.15) is 18.0 Å². The van der Waals surface area contributed by atoms with Crippen molar-refractivity contribution >= 4 is 0 Å². The molecule has 2 unspecified atom stereocenters. The van der Waals surface area contributed by atoms with E-state index in [-0.39, 0.29) is 5.60 Å². The Bertz CT molecular complexity index is 461. The largest absolute Gasteiger partial charge is 0.490 e. The maximum Gasteiger partial charge on any atom is 0.126 e. The Morgan fingerprint density at radius 1 is 1.35 bits per heavy atom. The van der Waals surface area contributed by atoms with E-state index in [9.17, 15) is 0 Å². The highest BCUT2D eigenvalue weighted by atomic mass is 16.6. The molecule has 1 aliphatic rings. The summed E-state index contributed by atoms with van der Waals surface area (Å²) in [5.41, 5.74) is 2.67. The lowest BCUT2D eigenvalue weighted by Crippen LogP contribution is -2.20. The highest BCUT2D eigenvalue weighted by Crippen LogP contribution is 2.40. The van der Waals surface area contributed by atoms with Crippen molar-refractivity contribution in [3.05, 3.63) is 41.5 Å². The molecule has 1 fully saturated rings. The molecule has 1 aromatic carbocycles. The van der Waals surface area contributed by atoms with Crippen molar-refractivity contribution in [3.8, 4) is 5.75 Å². The fourth-order valence-electron chi connectivity index (χ4n) is 2.33. The molecule has 0 spiro atoms.